The molecular formula is C20H16N2O2S. The van der Waals surface area contributed by atoms with E-state index in [9.17, 15) is 9.59 Å². The number of benzene rings is 2. The highest BCUT2D eigenvalue weighted by Crippen LogP contribution is 2.21. The lowest BCUT2D eigenvalue weighted by Crippen LogP contribution is -2.24. The monoisotopic (exact) mass is 348 g/mol. The third-order valence-corrected chi connectivity index (χ3v) is 5.49. The number of Topliss-reactive ketones (excluding diaryl/α,β-unsaturated/α-hetero) is 1. The highest BCUT2D eigenvalue weighted by molar-refractivity contribution is 7.18. The van der Waals surface area contributed by atoms with Crippen LogP contribution in [0.1, 0.15) is 22.2 Å². The number of carbonyl (C=O) groups excluding carboxylic acids is 1. The molecule has 0 atom stereocenters. The van der Waals surface area contributed by atoms with Crippen LogP contribution in [-0.2, 0) is 13.0 Å². The van der Waals surface area contributed by atoms with Crippen LogP contribution in [-0.4, -0.2) is 15.3 Å². The maximum Gasteiger partial charge on any atom is 0.262 e. The van der Waals surface area contributed by atoms with Crippen LogP contribution in [0.15, 0.2) is 59.7 Å². The Labute approximate surface area is 148 Å². The molecule has 0 aliphatic rings. The van der Waals surface area contributed by atoms with Gasteiger partial charge in [0.05, 0.1) is 18.3 Å². The zero-order chi connectivity index (χ0) is 17.4. The van der Waals surface area contributed by atoms with Crippen LogP contribution >= 0.6 is 11.3 Å². The Kier molecular flexibility index (Phi) is 3.93. The number of rotatable bonds is 4. The van der Waals surface area contributed by atoms with Gasteiger partial charge in [-0.2, -0.15) is 0 Å². The van der Waals surface area contributed by atoms with Gasteiger partial charge in [0.2, 0.25) is 0 Å². The zero-order valence-corrected chi connectivity index (χ0v) is 14.5. The molecule has 0 bridgehead atoms. The fourth-order valence-electron chi connectivity index (χ4n) is 2.91. The van der Waals surface area contributed by atoms with E-state index >= 15 is 0 Å². The van der Waals surface area contributed by atoms with E-state index in [1.165, 1.54) is 22.2 Å². The topological polar surface area (TPSA) is 52.0 Å². The van der Waals surface area contributed by atoms with E-state index in [4.69, 9.17) is 0 Å². The number of nitrogens with zero attached hydrogens (tertiary/aromatic N) is 2. The predicted molar refractivity (Wildman–Crippen MR) is 102 cm³/mol. The number of ketones is 1. The van der Waals surface area contributed by atoms with Gasteiger partial charge < -0.3 is 0 Å². The van der Waals surface area contributed by atoms with Gasteiger partial charge in [-0.25, -0.2) is 4.98 Å². The number of aromatic nitrogens is 2. The van der Waals surface area contributed by atoms with E-state index in [0.717, 1.165) is 26.9 Å². The minimum Gasteiger partial charge on any atom is -0.292 e. The highest BCUT2D eigenvalue weighted by Gasteiger charge is 2.12. The van der Waals surface area contributed by atoms with Gasteiger partial charge in [-0.15, -0.1) is 11.3 Å². The van der Waals surface area contributed by atoms with Crippen molar-refractivity contribution < 1.29 is 4.79 Å². The Morgan fingerprint density at radius 3 is 2.72 bits per heavy atom. The van der Waals surface area contributed by atoms with Gasteiger partial charge in [-0.1, -0.05) is 43.3 Å². The van der Waals surface area contributed by atoms with E-state index in [-0.39, 0.29) is 17.9 Å². The van der Waals surface area contributed by atoms with Crippen molar-refractivity contribution in [3.8, 4) is 0 Å². The molecular weight excluding hydrogens is 332 g/mol. The van der Waals surface area contributed by atoms with E-state index < -0.39 is 0 Å². The molecule has 0 aliphatic carbocycles. The molecule has 124 valence electrons. The smallest absolute Gasteiger partial charge is 0.262 e. The molecule has 4 nitrogen and oxygen atoms in total. The fraction of sp³-hybridized carbons (Fsp3) is 0.150. The Morgan fingerprint density at radius 2 is 1.92 bits per heavy atom. The van der Waals surface area contributed by atoms with Gasteiger partial charge in [0.15, 0.2) is 5.78 Å². The van der Waals surface area contributed by atoms with Crippen LogP contribution in [0.2, 0.25) is 0 Å². The number of fused-ring (bicyclic) bond motifs is 2. The molecule has 0 amide bonds. The van der Waals surface area contributed by atoms with Crippen LogP contribution in [0.5, 0.6) is 0 Å². The van der Waals surface area contributed by atoms with Crippen molar-refractivity contribution in [2.75, 3.05) is 0 Å². The Morgan fingerprint density at radius 1 is 1.12 bits per heavy atom. The number of aryl methyl sites for hydroxylation is 1. The molecule has 25 heavy (non-hydrogen) atoms. The number of carbonyl (C=O) groups is 1. The first-order chi connectivity index (χ1) is 12.2. The molecule has 0 fully saturated rings. The molecule has 0 unspecified atom stereocenters. The van der Waals surface area contributed by atoms with Gasteiger partial charge >= 0.3 is 0 Å². The Hall–Kier alpha value is -2.79. The lowest BCUT2D eigenvalue weighted by molar-refractivity contribution is 0.0971. The largest absolute Gasteiger partial charge is 0.292 e. The maximum absolute atomic E-state index is 12.6. The first-order valence-corrected chi connectivity index (χ1v) is 8.97. The molecule has 4 aromatic rings. The zero-order valence-electron chi connectivity index (χ0n) is 13.7. The summed E-state index contributed by atoms with van der Waals surface area (Å²) in [7, 11) is 0. The predicted octanol–water partition coefficient (Wildman–Crippen LogP) is 4.06. The molecule has 0 spiro atoms. The van der Waals surface area contributed by atoms with E-state index in [1.54, 1.807) is 6.07 Å². The van der Waals surface area contributed by atoms with Crippen molar-refractivity contribution in [1.82, 2.24) is 9.55 Å². The lowest BCUT2D eigenvalue weighted by atomic mass is 10.0. The van der Waals surface area contributed by atoms with Crippen LogP contribution in [0.3, 0.4) is 0 Å². The van der Waals surface area contributed by atoms with Gasteiger partial charge in [-0.05, 0) is 29.3 Å². The second kappa shape index (κ2) is 6.26. The number of thiophene rings is 1. The molecule has 0 N–H and O–H groups in total. The van der Waals surface area contributed by atoms with Gasteiger partial charge in [-0.3, -0.25) is 14.2 Å². The summed E-state index contributed by atoms with van der Waals surface area (Å²) in [6.07, 6.45) is 2.34. The quantitative estimate of drug-likeness (QED) is 0.523. The molecule has 4 rings (SSSR count). The Bertz CT molecular complexity index is 1160. The third-order valence-electron chi connectivity index (χ3n) is 4.30. The summed E-state index contributed by atoms with van der Waals surface area (Å²) in [5.41, 5.74) is 0.445. The maximum atomic E-state index is 12.6. The van der Waals surface area contributed by atoms with Gasteiger partial charge in [0.1, 0.15) is 4.83 Å². The molecule has 0 aliphatic heterocycles. The molecule has 2 heterocycles. The number of hydrogen-bond acceptors (Lipinski definition) is 4. The van der Waals surface area contributed by atoms with Crippen molar-refractivity contribution in [2.24, 2.45) is 0 Å². The molecule has 0 radical (unpaired) electrons. The SMILES string of the molecule is CCc1cc2c(=O)n(CC(=O)c3ccc4ccccc4c3)cnc2s1. The normalized spacial score (nSPS) is 11.2. The summed E-state index contributed by atoms with van der Waals surface area (Å²) in [5, 5.41) is 2.69. The molecule has 5 heteroatoms. The van der Waals surface area contributed by atoms with Crippen LogP contribution in [0.25, 0.3) is 21.0 Å². The first-order valence-electron chi connectivity index (χ1n) is 8.15. The summed E-state index contributed by atoms with van der Waals surface area (Å²) >= 11 is 1.53. The van der Waals surface area contributed by atoms with Crippen LogP contribution in [0.4, 0.5) is 0 Å². The van der Waals surface area contributed by atoms with Crippen LogP contribution < -0.4 is 5.56 Å². The fourth-order valence-corrected chi connectivity index (χ4v) is 3.83. The van der Waals surface area contributed by atoms with Crippen molar-refractivity contribution >= 4 is 38.1 Å². The van der Waals surface area contributed by atoms with Crippen molar-refractivity contribution in [3.63, 3.8) is 0 Å². The van der Waals surface area contributed by atoms with Crippen LogP contribution in [0, 0.1) is 0 Å². The summed E-state index contributed by atoms with van der Waals surface area (Å²) < 4.78 is 1.39. The summed E-state index contributed by atoms with van der Waals surface area (Å²) in [6.45, 7) is 2.05. The van der Waals surface area contributed by atoms with Gasteiger partial charge in [0, 0.05) is 10.4 Å². The average molecular weight is 348 g/mol. The van der Waals surface area contributed by atoms with Crippen molar-refractivity contribution in [2.45, 2.75) is 19.9 Å². The molecule has 0 saturated carbocycles. The second-order valence-corrected chi connectivity index (χ2v) is 7.06. The Balaban J connectivity index is 1.68. The standard InChI is InChI=1S/C20H16N2O2S/c1-2-16-10-17-19(25-16)21-12-22(20(17)24)11-18(23)15-8-7-13-5-3-4-6-14(13)9-15/h3-10,12H,2,11H2,1H3. The second-order valence-electron chi connectivity index (χ2n) is 5.95. The summed E-state index contributed by atoms with van der Waals surface area (Å²) in [5.74, 6) is -0.0973. The third kappa shape index (κ3) is 2.87. The lowest BCUT2D eigenvalue weighted by Gasteiger charge is -2.06. The highest BCUT2D eigenvalue weighted by atomic mass is 32.1. The summed E-state index contributed by atoms with van der Waals surface area (Å²) in [6, 6.07) is 15.4. The van der Waals surface area contributed by atoms with Gasteiger partial charge in [0.25, 0.3) is 5.56 Å². The average Bonchev–Trinajstić information content (AvgIpc) is 3.08. The van der Waals surface area contributed by atoms with E-state index in [0.29, 0.717) is 10.9 Å². The molecule has 2 aromatic carbocycles. The number of hydrogen-bond donors (Lipinski definition) is 0. The molecule has 0 saturated heterocycles. The van der Waals surface area contributed by atoms with E-state index in [2.05, 4.69) is 4.98 Å². The van der Waals surface area contributed by atoms with E-state index in [1.807, 2.05) is 49.4 Å². The molecule has 2 aromatic heterocycles. The van der Waals surface area contributed by atoms with Crippen molar-refractivity contribution in [3.05, 3.63) is 75.7 Å². The first kappa shape index (κ1) is 15.7. The minimum absolute atomic E-state index is 0.00256. The minimum atomic E-state index is -0.157. The summed E-state index contributed by atoms with van der Waals surface area (Å²) in [4.78, 5) is 31.4. The van der Waals surface area contributed by atoms with Crippen molar-refractivity contribution in [1.29, 1.82) is 0 Å².